The van der Waals surface area contributed by atoms with E-state index in [1.54, 1.807) is 0 Å². The van der Waals surface area contributed by atoms with Gasteiger partial charge in [-0.3, -0.25) is 0 Å². The molecule has 0 spiro atoms. The molecule has 2 aromatic heterocycles. The molecule has 17 heavy (non-hydrogen) atoms. The molecule has 0 unspecified atom stereocenters. The second kappa shape index (κ2) is 5.06. The van der Waals surface area contributed by atoms with Gasteiger partial charge in [0.2, 0.25) is 0 Å². The Morgan fingerprint density at radius 3 is 2.82 bits per heavy atom. The minimum atomic E-state index is 0.911. The summed E-state index contributed by atoms with van der Waals surface area (Å²) in [6.45, 7) is 0.928. The molecule has 92 valence electrons. The molecule has 0 fully saturated rings. The van der Waals surface area contributed by atoms with Crippen LogP contribution in [0.15, 0.2) is 22.9 Å². The van der Waals surface area contributed by atoms with Crippen molar-refractivity contribution in [1.29, 1.82) is 0 Å². The fourth-order valence-corrected chi connectivity index (χ4v) is 2.30. The monoisotopic (exact) mass is 296 g/mol. The fourth-order valence-electron chi connectivity index (χ4n) is 1.77. The molecule has 1 N–H and O–H groups in total. The van der Waals surface area contributed by atoms with Crippen molar-refractivity contribution in [2.24, 2.45) is 0 Å². The summed E-state index contributed by atoms with van der Waals surface area (Å²) in [6, 6.07) is 4.19. The van der Waals surface area contributed by atoms with Crippen molar-refractivity contribution in [3.05, 3.63) is 28.8 Å². The zero-order chi connectivity index (χ0) is 12.4. The molecule has 0 aliphatic carbocycles. The summed E-state index contributed by atoms with van der Waals surface area (Å²) in [5.74, 6) is 1.07. The van der Waals surface area contributed by atoms with Crippen LogP contribution in [-0.4, -0.2) is 37.1 Å². The van der Waals surface area contributed by atoms with E-state index in [4.69, 9.17) is 0 Å². The molecule has 0 saturated heterocycles. The standard InChI is InChI=1S/C12H17BrN4/c1-14-7-6-11-15-12(13)10-5-4-9(16(2)3)8-17(10)11/h4-5,8,14H,6-7H2,1-3H3. The largest absolute Gasteiger partial charge is 0.376 e. The Kier molecular flexibility index (Phi) is 3.69. The molecule has 0 aromatic carbocycles. The van der Waals surface area contributed by atoms with Gasteiger partial charge in [0.25, 0.3) is 0 Å². The number of rotatable bonds is 4. The molecule has 0 aliphatic rings. The number of hydrogen-bond acceptors (Lipinski definition) is 3. The first kappa shape index (κ1) is 12.4. The minimum Gasteiger partial charge on any atom is -0.376 e. The number of nitrogens with zero attached hydrogens (tertiary/aromatic N) is 3. The minimum absolute atomic E-state index is 0.911. The average Bonchev–Trinajstić information content (AvgIpc) is 2.63. The van der Waals surface area contributed by atoms with Gasteiger partial charge in [0, 0.05) is 33.3 Å². The Bertz CT molecular complexity index is 518. The third-order valence-electron chi connectivity index (χ3n) is 2.76. The van der Waals surface area contributed by atoms with Crippen LogP contribution in [0.2, 0.25) is 0 Å². The van der Waals surface area contributed by atoms with E-state index in [0.717, 1.165) is 28.9 Å². The van der Waals surface area contributed by atoms with Crippen molar-refractivity contribution in [3.8, 4) is 0 Å². The maximum atomic E-state index is 4.55. The molecule has 0 radical (unpaired) electrons. The maximum Gasteiger partial charge on any atom is 0.132 e. The summed E-state index contributed by atoms with van der Waals surface area (Å²) in [5, 5.41) is 3.15. The van der Waals surface area contributed by atoms with Gasteiger partial charge in [-0.15, -0.1) is 0 Å². The van der Waals surface area contributed by atoms with Gasteiger partial charge in [0.05, 0.1) is 11.2 Å². The molecule has 0 bridgehead atoms. The second-order valence-electron chi connectivity index (χ2n) is 4.21. The SMILES string of the molecule is CNCCc1nc(Br)c2ccc(N(C)C)cn12. The molecule has 0 saturated carbocycles. The van der Waals surface area contributed by atoms with Gasteiger partial charge < -0.3 is 14.6 Å². The molecule has 2 heterocycles. The zero-order valence-electron chi connectivity index (χ0n) is 10.4. The third-order valence-corrected chi connectivity index (χ3v) is 3.35. The predicted molar refractivity (Wildman–Crippen MR) is 74.8 cm³/mol. The number of pyridine rings is 1. The molecule has 2 aromatic rings. The molecule has 0 aliphatic heterocycles. The van der Waals surface area contributed by atoms with Crippen LogP contribution in [-0.2, 0) is 6.42 Å². The number of likely N-dealkylation sites (N-methyl/N-ethyl adjacent to an activating group) is 1. The van der Waals surface area contributed by atoms with Crippen LogP contribution in [0, 0.1) is 0 Å². The van der Waals surface area contributed by atoms with Gasteiger partial charge in [-0.2, -0.15) is 0 Å². The van der Waals surface area contributed by atoms with Crippen LogP contribution >= 0.6 is 15.9 Å². The highest BCUT2D eigenvalue weighted by Gasteiger charge is 2.09. The van der Waals surface area contributed by atoms with Crippen LogP contribution < -0.4 is 10.2 Å². The summed E-state index contributed by atoms with van der Waals surface area (Å²) in [5.41, 5.74) is 2.29. The molecular formula is C12H17BrN4. The summed E-state index contributed by atoms with van der Waals surface area (Å²) in [4.78, 5) is 6.64. The molecular weight excluding hydrogens is 280 g/mol. The lowest BCUT2D eigenvalue weighted by molar-refractivity contribution is 0.752. The van der Waals surface area contributed by atoms with Gasteiger partial charge >= 0.3 is 0 Å². The van der Waals surface area contributed by atoms with E-state index < -0.39 is 0 Å². The summed E-state index contributed by atoms with van der Waals surface area (Å²) < 4.78 is 3.06. The molecule has 4 nitrogen and oxygen atoms in total. The Morgan fingerprint density at radius 2 is 2.18 bits per heavy atom. The Balaban J connectivity index is 2.48. The van der Waals surface area contributed by atoms with Crippen LogP contribution in [0.1, 0.15) is 5.82 Å². The van der Waals surface area contributed by atoms with Crippen molar-refractivity contribution in [3.63, 3.8) is 0 Å². The first-order valence-electron chi connectivity index (χ1n) is 5.62. The topological polar surface area (TPSA) is 32.6 Å². The average molecular weight is 297 g/mol. The van der Waals surface area contributed by atoms with E-state index in [9.17, 15) is 0 Å². The fraction of sp³-hybridized carbons (Fsp3) is 0.417. The van der Waals surface area contributed by atoms with Crippen molar-refractivity contribution < 1.29 is 0 Å². The highest BCUT2D eigenvalue weighted by molar-refractivity contribution is 9.10. The van der Waals surface area contributed by atoms with Crippen molar-refractivity contribution in [2.75, 3.05) is 32.6 Å². The number of hydrogen-bond donors (Lipinski definition) is 1. The Hall–Kier alpha value is -1.07. The highest BCUT2D eigenvalue weighted by Crippen LogP contribution is 2.22. The zero-order valence-corrected chi connectivity index (χ0v) is 12.0. The predicted octanol–water partition coefficient (Wildman–Crippen LogP) is 1.92. The normalized spacial score (nSPS) is 11.1. The lowest BCUT2D eigenvalue weighted by Crippen LogP contribution is -2.13. The second-order valence-corrected chi connectivity index (χ2v) is 4.96. The van der Waals surface area contributed by atoms with E-state index in [1.807, 2.05) is 21.1 Å². The Morgan fingerprint density at radius 1 is 1.41 bits per heavy atom. The van der Waals surface area contributed by atoms with Gasteiger partial charge in [-0.1, -0.05) is 0 Å². The smallest absolute Gasteiger partial charge is 0.132 e. The highest BCUT2D eigenvalue weighted by atomic mass is 79.9. The molecule has 5 heteroatoms. The van der Waals surface area contributed by atoms with E-state index in [2.05, 4.69) is 53.9 Å². The van der Waals surface area contributed by atoms with E-state index in [0.29, 0.717) is 0 Å². The first-order valence-corrected chi connectivity index (χ1v) is 6.41. The van der Waals surface area contributed by atoms with Gasteiger partial charge in [0.15, 0.2) is 0 Å². The number of anilines is 1. The quantitative estimate of drug-likeness (QED) is 0.936. The molecule has 2 rings (SSSR count). The number of fused-ring (bicyclic) bond motifs is 1. The summed E-state index contributed by atoms with van der Waals surface area (Å²) >= 11 is 3.51. The van der Waals surface area contributed by atoms with Gasteiger partial charge in [-0.05, 0) is 35.1 Å². The third kappa shape index (κ3) is 2.45. The van der Waals surface area contributed by atoms with E-state index in [-0.39, 0.29) is 0 Å². The molecule has 0 atom stereocenters. The number of aromatic nitrogens is 2. The lowest BCUT2D eigenvalue weighted by atomic mass is 10.3. The van der Waals surface area contributed by atoms with Crippen LogP contribution in [0.25, 0.3) is 5.52 Å². The van der Waals surface area contributed by atoms with Crippen molar-refractivity contribution in [2.45, 2.75) is 6.42 Å². The van der Waals surface area contributed by atoms with Crippen molar-refractivity contribution in [1.82, 2.24) is 14.7 Å². The van der Waals surface area contributed by atoms with Crippen LogP contribution in [0.4, 0.5) is 5.69 Å². The number of nitrogens with one attached hydrogen (secondary N) is 1. The summed E-state index contributed by atoms with van der Waals surface area (Å²) in [6.07, 6.45) is 3.04. The van der Waals surface area contributed by atoms with Crippen LogP contribution in [0.5, 0.6) is 0 Å². The van der Waals surface area contributed by atoms with Crippen LogP contribution in [0.3, 0.4) is 0 Å². The van der Waals surface area contributed by atoms with Gasteiger partial charge in [0.1, 0.15) is 10.4 Å². The maximum absolute atomic E-state index is 4.55. The van der Waals surface area contributed by atoms with Gasteiger partial charge in [-0.25, -0.2) is 4.98 Å². The summed E-state index contributed by atoms with van der Waals surface area (Å²) in [7, 11) is 6.04. The molecule has 0 amide bonds. The van der Waals surface area contributed by atoms with E-state index in [1.165, 1.54) is 5.69 Å². The lowest BCUT2D eigenvalue weighted by Gasteiger charge is -2.13. The Labute approximate surface area is 110 Å². The number of imidazole rings is 1. The number of halogens is 1. The first-order chi connectivity index (χ1) is 8.13. The van der Waals surface area contributed by atoms with E-state index >= 15 is 0 Å². The van der Waals surface area contributed by atoms with Crippen molar-refractivity contribution >= 4 is 27.1 Å².